The molecule has 2 aromatic heterocycles. The summed E-state index contributed by atoms with van der Waals surface area (Å²) in [6, 6.07) is 8.58. The third-order valence-electron chi connectivity index (χ3n) is 3.49. The zero-order valence-electron chi connectivity index (χ0n) is 13.6. The number of nitrogens with zero attached hydrogens (tertiary/aromatic N) is 1. The number of rotatable bonds is 1. The second-order valence-corrected chi connectivity index (χ2v) is 6.61. The van der Waals surface area contributed by atoms with Gasteiger partial charge in [-0.05, 0) is 45.9 Å². The lowest BCUT2D eigenvalue weighted by Crippen LogP contribution is -2.41. The van der Waals surface area contributed by atoms with E-state index in [1.165, 1.54) is 0 Å². The second kappa shape index (κ2) is 5.19. The molecule has 3 rings (SSSR count). The molecule has 1 amide bonds. The van der Waals surface area contributed by atoms with E-state index in [0.29, 0.717) is 27.6 Å². The lowest BCUT2D eigenvalue weighted by molar-refractivity contribution is 0.0918. The number of carbonyl (C=O) groups excluding carboxylic acids is 1. The largest absolute Gasteiger partial charge is 0.437 e. The molecule has 5 heteroatoms. The van der Waals surface area contributed by atoms with Crippen molar-refractivity contribution in [3.63, 3.8) is 0 Å². The molecule has 0 fully saturated rings. The van der Waals surface area contributed by atoms with Crippen LogP contribution in [0.3, 0.4) is 0 Å². The Bertz CT molecular complexity index is 981. The van der Waals surface area contributed by atoms with Gasteiger partial charge in [-0.15, -0.1) is 0 Å². The van der Waals surface area contributed by atoms with Gasteiger partial charge >= 0.3 is 0 Å². The molecule has 0 aliphatic rings. The summed E-state index contributed by atoms with van der Waals surface area (Å²) in [5.41, 5.74) is 1.10. The molecule has 0 aliphatic heterocycles. The number of nitrogens with one attached hydrogen (secondary N) is 1. The van der Waals surface area contributed by atoms with Crippen molar-refractivity contribution in [2.24, 2.45) is 0 Å². The van der Waals surface area contributed by atoms with Gasteiger partial charge < -0.3 is 9.73 Å². The average Bonchev–Trinajstić information content (AvgIpc) is 2.45. The maximum absolute atomic E-state index is 12.6. The number of benzene rings is 1. The number of hydrogen-bond acceptors (Lipinski definition) is 4. The first kappa shape index (κ1) is 15.2. The van der Waals surface area contributed by atoms with E-state index in [4.69, 9.17) is 4.42 Å². The highest BCUT2D eigenvalue weighted by molar-refractivity contribution is 5.99. The van der Waals surface area contributed by atoms with Gasteiger partial charge in [0, 0.05) is 5.54 Å². The normalized spacial score (nSPS) is 11.8. The number of pyridine rings is 1. The van der Waals surface area contributed by atoms with Crippen LogP contribution in [0, 0.1) is 6.92 Å². The molecule has 0 radical (unpaired) electrons. The SMILES string of the molecule is Cc1nc2oc3ccccc3c(=O)c2cc1C(=O)NC(C)(C)C. The van der Waals surface area contributed by atoms with Crippen molar-refractivity contribution in [2.75, 3.05) is 0 Å². The van der Waals surface area contributed by atoms with Crippen molar-refractivity contribution >= 4 is 28.0 Å². The molecule has 0 saturated heterocycles. The van der Waals surface area contributed by atoms with Gasteiger partial charge in [0.2, 0.25) is 11.1 Å². The zero-order chi connectivity index (χ0) is 16.8. The topological polar surface area (TPSA) is 72.2 Å². The molecule has 0 unspecified atom stereocenters. The highest BCUT2D eigenvalue weighted by Crippen LogP contribution is 2.19. The Balaban J connectivity index is 2.25. The predicted octanol–water partition coefficient (Wildman–Crippen LogP) is 3.18. The Morgan fingerprint density at radius 3 is 2.57 bits per heavy atom. The number of para-hydroxylation sites is 1. The van der Waals surface area contributed by atoms with E-state index in [1.807, 2.05) is 20.8 Å². The average molecular weight is 310 g/mol. The molecule has 0 spiro atoms. The predicted molar refractivity (Wildman–Crippen MR) is 89.7 cm³/mol. The van der Waals surface area contributed by atoms with E-state index in [0.717, 1.165) is 0 Å². The van der Waals surface area contributed by atoms with Crippen molar-refractivity contribution in [1.82, 2.24) is 10.3 Å². The zero-order valence-corrected chi connectivity index (χ0v) is 13.6. The molecular formula is C18H18N2O3. The molecule has 0 saturated carbocycles. The Kier molecular flexibility index (Phi) is 3.43. The van der Waals surface area contributed by atoms with Crippen LogP contribution < -0.4 is 10.7 Å². The second-order valence-electron chi connectivity index (χ2n) is 6.61. The van der Waals surface area contributed by atoms with Gasteiger partial charge in [0.05, 0.1) is 22.0 Å². The lowest BCUT2D eigenvalue weighted by Gasteiger charge is -2.21. The first-order valence-corrected chi connectivity index (χ1v) is 7.42. The van der Waals surface area contributed by atoms with Crippen LogP contribution in [0.15, 0.2) is 39.5 Å². The first-order chi connectivity index (χ1) is 10.8. The van der Waals surface area contributed by atoms with Crippen LogP contribution >= 0.6 is 0 Å². The molecular weight excluding hydrogens is 292 g/mol. The third kappa shape index (κ3) is 2.82. The fourth-order valence-electron chi connectivity index (χ4n) is 2.45. The summed E-state index contributed by atoms with van der Waals surface area (Å²) in [6.45, 7) is 7.43. The van der Waals surface area contributed by atoms with Crippen molar-refractivity contribution < 1.29 is 9.21 Å². The van der Waals surface area contributed by atoms with Gasteiger partial charge in [-0.2, -0.15) is 0 Å². The van der Waals surface area contributed by atoms with Gasteiger partial charge in [0.1, 0.15) is 5.58 Å². The molecule has 3 aromatic rings. The van der Waals surface area contributed by atoms with Crippen LogP contribution in [0.25, 0.3) is 22.1 Å². The number of aromatic nitrogens is 1. The smallest absolute Gasteiger partial charge is 0.253 e. The molecule has 0 atom stereocenters. The molecule has 0 bridgehead atoms. The minimum Gasteiger partial charge on any atom is -0.437 e. The van der Waals surface area contributed by atoms with E-state index >= 15 is 0 Å². The van der Waals surface area contributed by atoms with E-state index in [9.17, 15) is 9.59 Å². The summed E-state index contributed by atoms with van der Waals surface area (Å²) in [4.78, 5) is 29.4. The molecule has 0 aliphatic carbocycles. The summed E-state index contributed by atoms with van der Waals surface area (Å²) in [7, 11) is 0. The van der Waals surface area contributed by atoms with E-state index in [1.54, 1.807) is 37.3 Å². The minimum absolute atomic E-state index is 0.181. The van der Waals surface area contributed by atoms with Crippen LogP contribution in [-0.2, 0) is 0 Å². The van der Waals surface area contributed by atoms with Crippen LogP contribution in [0.4, 0.5) is 0 Å². The van der Waals surface area contributed by atoms with E-state index in [-0.39, 0.29) is 22.6 Å². The molecule has 2 heterocycles. The summed E-state index contributed by atoms with van der Waals surface area (Å²) >= 11 is 0. The van der Waals surface area contributed by atoms with Crippen LogP contribution in [0.2, 0.25) is 0 Å². The molecule has 5 nitrogen and oxygen atoms in total. The van der Waals surface area contributed by atoms with Gasteiger partial charge in [-0.1, -0.05) is 12.1 Å². The first-order valence-electron chi connectivity index (χ1n) is 7.42. The molecule has 23 heavy (non-hydrogen) atoms. The lowest BCUT2D eigenvalue weighted by atomic mass is 10.1. The summed E-state index contributed by atoms with van der Waals surface area (Å²) < 4.78 is 5.70. The Morgan fingerprint density at radius 2 is 1.87 bits per heavy atom. The summed E-state index contributed by atoms with van der Waals surface area (Å²) in [6.07, 6.45) is 0. The van der Waals surface area contributed by atoms with Gasteiger partial charge in [0.25, 0.3) is 5.91 Å². The number of fused-ring (bicyclic) bond motifs is 2. The number of carbonyl (C=O) groups is 1. The summed E-state index contributed by atoms with van der Waals surface area (Å²) in [5, 5.41) is 3.68. The molecule has 1 aromatic carbocycles. The fraction of sp³-hybridized carbons (Fsp3) is 0.278. The van der Waals surface area contributed by atoms with Gasteiger partial charge in [-0.25, -0.2) is 4.98 Å². The Hall–Kier alpha value is -2.69. The van der Waals surface area contributed by atoms with E-state index < -0.39 is 0 Å². The van der Waals surface area contributed by atoms with Crippen LogP contribution in [0.5, 0.6) is 0 Å². The maximum atomic E-state index is 12.6. The van der Waals surface area contributed by atoms with Crippen LogP contribution in [0.1, 0.15) is 36.8 Å². The highest BCUT2D eigenvalue weighted by Gasteiger charge is 2.19. The number of amides is 1. The minimum atomic E-state index is -0.369. The third-order valence-corrected chi connectivity index (χ3v) is 3.49. The summed E-state index contributed by atoms with van der Waals surface area (Å²) in [5.74, 6) is -0.253. The fourth-order valence-corrected chi connectivity index (χ4v) is 2.45. The van der Waals surface area contributed by atoms with Gasteiger partial charge in [0.15, 0.2) is 0 Å². The Labute approximate surface area is 133 Å². The number of aryl methyl sites for hydroxylation is 1. The Morgan fingerprint density at radius 1 is 1.17 bits per heavy atom. The van der Waals surface area contributed by atoms with Crippen LogP contribution in [-0.4, -0.2) is 16.4 Å². The maximum Gasteiger partial charge on any atom is 0.253 e. The van der Waals surface area contributed by atoms with Crippen molar-refractivity contribution in [1.29, 1.82) is 0 Å². The molecule has 1 N–H and O–H groups in total. The van der Waals surface area contributed by atoms with Crippen molar-refractivity contribution in [2.45, 2.75) is 33.2 Å². The molecule has 118 valence electrons. The number of hydrogen-bond donors (Lipinski definition) is 1. The van der Waals surface area contributed by atoms with Crippen molar-refractivity contribution in [3.8, 4) is 0 Å². The van der Waals surface area contributed by atoms with E-state index in [2.05, 4.69) is 10.3 Å². The monoisotopic (exact) mass is 310 g/mol. The highest BCUT2D eigenvalue weighted by atomic mass is 16.3. The van der Waals surface area contributed by atoms with Gasteiger partial charge in [-0.3, -0.25) is 9.59 Å². The quantitative estimate of drug-likeness (QED) is 0.701. The van der Waals surface area contributed by atoms with Crippen molar-refractivity contribution in [3.05, 3.63) is 51.8 Å². The standard InChI is InChI=1S/C18H18N2O3/c1-10-12(16(22)20-18(2,3)4)9-13-15(21)11-7-5-6-8-14(11)23-17(13)19-10/h5-9H,1-4H3,(H,20,22).